The molecule has 1 aliphatic rings. The summed E-state index contributed by atoms with van der Waals surface area (Å²) in [6, 6.07) is 6.09. The number of nitrogens with zero attached hydrogens (tertiary/aromatic N) is 1. The lowest BCUT2D eigenvalue weighted by Gasteiger charge is -2.30. The molecule has 0 unspecified atom stereocenters. The SMILES string of the molecule is CN=C(NCCCc1cc2c(OC)cc(OC)cc2[nH]1)NCC1(CCOC)CCCC1.I. The Morgan fingerprint density at radius 3 is 2.53 bits per heavy atom. The summed E-state index contributed by atoms with van der Waals surface area (Å²) in [4.78, 5) is 7.89. The number of guanidine groups is 1. The average Bonchev–Trinajstić information content (AvgIpc) is 3.43. The van der Waals surface area contributed by atoms with Gasteiger partial charge in [0.15, 0.2) is 5.96 Å². The van der Waals surface area contributed by atoms with Gasteiger partial charge in [0.1, 0.15) is 11.5 Å². The van der Waals surface area contributed by atoms with Gasteiger partial charge in [0.25, 0.3) is 0 Å². The van der Waals surface area contributed by atoms with E-state index in [0.717, 1.165) is 67.3 Å². The molecule has 1 aliphatic carbocycles. The summed E-state index contributed by atoms with van der Waals surface area (Å²) in [5.41, 5.74) is 2.57. The first kappa shape index (κ1) is 26.6. The lowest BCUT2D eigenvalue weighted by molar-refractivity contribution is 0.138. The van der Waals surface area contributed by atoms with Gasteiger partial charge in [-0.2, -0.15) is 0 Å². The van der Waals surface area contributed by atoms with Gasteiger partial charge < -0.3 is 29.8 Å². The van der Waals surface area contributed by atoms with Gasteiger partial charge in [0, 0.05) is 57.1 Å². The Morgan fingerprint density at radius 2 is 1.88 bits per heavy atom. The number of aryl methyl sites for hydroxylation is 1. The number of halogens is 1. The number of benzene rings is 1. The van der Waals surface area contributed by atoms with Crippen molar-refractivity contribution in [3.63, 3.8) is 0 Å². The maximum absolute atomic E-state index is 5.51. The minimum absolute atomic E-state index is 0. The van der Waals surface area contributed by atoms with E-state index in [0.29, 0.717) is 5.41 Å². The minimum atomic E-state index is 0. The molecule has 0 bridgehead atoms. The molecule has 1 aromatic heterocycles. The molecule has 0 aliphatic heterocycles. The van der Waals surface area contributed by atoms with Crippen molar-refractivity contribution in [3.05, 3.63) is 23.9 Å². The normalized spacial score (nSPS) is 15.4. The number of aliphatic imine (C=N–C) groups is 1. The first-order valence-corrected chi connectivity index (χ1v) is 11.3. The van der Waals surface area contributed by atoms with Gasteiger partial charge in [-0.3, -0.25) is 4.99 Å². The molecule has 0 atom stereocenters. The van der Waals surface area contributed by atoms with Crippen LogP contribution >= 0.6 is 24.0 Å². The first-order chi connectivity index (χ1) is 15.1. The third-order valence-electron chi connectivity index (χ3n) is 6.46. The van der Waals surface area contributed by atoms with Gasteiger partial charge in [0.05, 0.1) is 19.7 Å². The number of nitrogens with one attached hydrogen (secondary N) is 3. The fourth-order valence-corrected chi connectivity index (χ4v) is 4.59. The monoisotopic (exact) mass is 558 g/mol. The standard InChI is InChI=1S/C24H38N4O3.HI/c1-25-23(27-17-24(11-13-29-2)9-5-6-10-24)26-12-7-8-18-14-20-21(28-18)15-19(30-3)16-22(20)31-4;/h14-16,28H,5-13,17H2,1-4H3,(H2,25,26,27);1H. The molecule has 8 heteroatoms. The minimum Gasteiger partial charge on any atom is -0.497 e. The number of aromatic nitrogens is 1. The predicted octanol–water partition coefficient (Wildman–Crippen LogP) is 4.50. The van der Waals surface area contributed by atoms with Crippen molar-refractivity contribution in [1.82, 2.24) is 15.6 Å². The third kappa shape index (κ3) is 6.91. The van der Waals surface area contributed by atoms with Gasteiger partial charge in [0.2, 0.25) is 0 Å². The molecule has 3 N–H and O–H groups in total. The quantitative estimate of drug-likeness (QED) is 0.164. The van der Waals surface area contributed by atoms with E-state index in [1.807, 2.05) is 19.2 Å². The second-order valence-electron chi connectivity index (χ2n) is 8.49. The largest absolute Gasteiger partial charge is 0.497 e. The zero-order valence-corrected chi connectivity index (χ0v) is 22.2. The van der Waals surface area contributed by atoms with Crippen LogP contribution in [0.5, 0.6) is 11.5 Å². The second-order valence-corrected chi connectivity index (χ2v) is 8.49. The van der Waals surface area contributed by atoms with Gasteiger partial charge in [-0.25, -0.2) is 0 Å². The van der Waals surface area contributed by atoms with E-state index in [2.05, 4.69) is 26.7 Å². The number of rotatable bonds is 11. The highest BCUT2D eigenvalue weighted by Gasteiger charge is 2.33. The molecule has 1 saturated carbocycles. The van der Waals surface area contributed by atoms with E-state index < -0.39 is 0 Å². The molecule has 0 saturated heterocycles. The highest BCUT2D eigenvalue weighted by Crippen LogP contribution is 2.40. The van der Waals surface area contributed by atoms with Crippen molar-refractivity contribution in [2.45, 2.75) is 44.9 Å². The van der Waals surface area contributed by atoms with E-state index in [-0.39, 0.29) is 24.0 Å². The Kier molecular flexibility index (Phi) is 10.9. The maximum atomic E-state index is 5.51. The van der Waals surface area contributed by atoms with Crippen LogP contribution in [0.3, 0.4) is 0 Å². The van der Waals surface area contributed by atoms with Crippen molar-refractivity contribution in [2.24, 2.45) is 10.4 Å². The number of aromatic amines is 1. The van der Waals surface area contributed by atoms with E-state index in [4.69, 9.17) is 14.2 Å². The Bertz CT molecular complexity index is 862. The number of hydrogen-bond donors (Lipinski definition) is 3. The topological polar surface area (TPSA) is 79.9 Å². The van der Waals surface area contributed by atoms with Crippen LogP contribution in [0, 0.1) is 5.41 Å². The molecule has 32 heavy (non-hydrogen) atoms. The second kappa shape index (κ2) is 13.1. The third-order valence-corrected chi connectivity index (χ3v) is 6.46. The molecule has 3 rings (SSSR count). The van der Waals surface area contributed by atoms with E-state index >= 15 is 0 Å². The molecule has 0 amide bonds. The Morgan fingerprint density at radius 1 is 1.09 bits per heavy atom. The number of hydrogen-bond acceptors (Lipinski definition) is 4. The van der Waals surface area contributed by atoms with E-state index in [1.165, 1.54) is 31.4 Å². The summed E-state index contributed by atoms with van der Waals surface area (Å²) in [6.07, 6.45) is 8.24. The number of methoxy groups -OCH3 is 3. The summed E-state index contributed by atoms with van der Waals surface area (Å²) in [6.45, 7) is 2.65. The van der Waals surface area contributed by atoms with Crippen LogP contribution in [0.4, 0.5) is 0 Å². The van der Waals surface area contributed by atoms with Crippen LogP contribution in [0.2, 0.25) is 0 Å². The Hall–Kier alpha value is -1.68. The highest BCUT2D eigenvalue weighted by atomic mass is 127. The van der Waals surface area contributed by atoms with Gasteiger partial charge in [-0.1, -0.05) is 12.8 Å². The molecule has 1 aromatic carbocycles. The average molecular weight is 559 g/mol. The van der Waals surface area contributed by atoms with Crippen LogP contribution in [-0.2, 0) is 11.2 Å². The molecule has 2 aromatic rings. The molecule has 180 valence electrons. The van der Waals surface area contributed by atoms with E-state index in [9.17, 15) is 0 Å². The van der Waals surface area contributed by atoms with Crippen molar-refractivity contribution >= 4 is 40.8 Å². The van der Waals surface area contributed by atoms with Crippen LogP contribution in [0.1, 0.15) is 44.2 Å². The lowest BCUT2D eigenvalue weighted by Crippen LogP contribution is -2.43. The van der Waals surface area contributed by atoms with Crippen LogP contribution in [-0.4, -0.2) is 59.0 Å². The highest BCUT2D eigenvalue weighted by molar-refractivity contribution is 14.0. The summed E-state index contributed by atoms with van der Waals surface area (Å²) in [5, 5.41) is 8.10. The maximum Gasteiger partial charge on any atom is 0.190 e. The number of fused-ring (bicyclic) bond motifs is 1. The summed E-state index contributed by atoms with van der Waals surface area (Å²) >= 11 is 0. The van der Waals surface area contributed by atoms with Gasteiger partial charge >= 0.3 is 0 Å². The fraction of sp³-hybridized carbons (Fsp3) is 0.625. The molecular formula is C24H39IN4O3. The molecule has 1 heterocycles. The zero-order valence-electron chi connectivity index (χ0n) is 19.9. The van der Waals surface area contributed by atoms with Crippen LogP contribution < -0.4 is 20.1 Å². The lowest BCUT2D eigenvalue weighted by atomic mass is 9.83. The first-order valence-electron chi connectivity index (χ1n) is 11.3. The molecule has 1 fully saturated rings. The van der Waals surface area contributed by atoms with Crippen molar-refractivity contribution in [2.75, 3.05) is 48.1 Å². The van der Waals surface area contributed by atoms with Gasteiger partial charge in [-0.15, -0.1) is 24.0 Å². The zero-order chi connectivity index (χ0) is 22.1. The molecule has 0 spiro atoms. The molecular weight excluding hydrogens is 519 g/mol. The van der Waals surface area contributed by atoms with Crippen molar-refractivity contribution in [1.29, 1.82) is 0 Å². The summed E-state index contributed by atoms with van der Waals surface area (Å²) in [7, 11) is 6.98. The fourth-order valence-electron chi connectivity index (χ4n) is 4.59. The van der Waals surface area contributed by atoms with E-state index in [1.54, 1.807) is 21.3 Å². The Labute approximate surface area is 209 Å². The summed E-state index contributed by atoms with van der Waals surface area (Å²) in [5.74, 6) is 2.50. The van der Waals surface area contributed by atoms with Crippen LogP contribution in [0.25, 0.3) is 10.9 Å². The van der Waals surface area contributed by atoms with Crippen molar-refractivity contribution < 1.29 is 14.2 Å². The Balaban J connectivity index is 0.00000363. The smallest absolute Gasteiger partial charge is 0.190 e. The molecule has 0 radical (unpaired) electrons. The molecule has 7 nitrogen and oxygen atoms in total. The number of ether oxygens (including phenoxy) is 3. The summed E-state index contributed by atoms with van der Waals surface area (Å²) < 4.78 is 16.2. The van der Waals surface area contributed by atoms with Crippen LogP contribution in [0.15, 0.2) is 23.2 Å². The predicted molar refractivity (Wildman–Crippen MR) is 142 cm³/mol. The number of H-pyrrole nitrogens is 1. The van der Waals surface area contributed by atoms with Gasteiger partial charge in [-0.05, 0) is 43.6 Å². The van der Waals surface area contributed by atoms with Crippen molar-refractivity contribution in [3.8, 4) is 11.5 Å².